The van der Waals surface area contributed by atoms with Gasteiger partial charge < -0.3 is 14.7 Å². The molecule has 2 N–H and O–H groups in total. The third-order valence-electron chi connectivity index (χ3n) is 6.97. The molecule has 1 amide bonds. The molecule has 0 saturated carbocycles. The minimum Gasteiger partial charge on any atom is -0.488 e. The first-order valence-corrected chi connectivity index (χ1v) is 15.2. The largest absolute Gasteiger partial charge is 0.488 e. The van der Waals surface area contributed by atoms with Crippen LogP contribution < -0.4 is 9.46 Å². The number of aliphatic hydroxyl groups excluding tert-OH is 1. The van der Waals surface area contributed by atoms with Gasteiger partial charge in [-0.2, -0.15) is 0 Å². The van der Waals surface area contributed by atoms with Crippen molar-refractivity contribution in [2.24, 2.45) is 5.92 Å². The Morgan fingerprint density at radius 3 is 2.49 bits per heavy atom. The molecule has 0 radical (unpaired) electrons. The Balaban J connectivity index is 1.62. The molecular formula is C29H32Cl2FN3O5S. The molecule has 1 aliphatic rings. The normalized spacial score (nSPS) is 18.3. The van der Waals surface area contributed by atoms with E-state index in [0.717, 1.165) is 29.8 Å². The molecule has 220 valence electrons. The highest BCUT2D eigenvalue weighted by Crippen LogP contribution is 2.32. The van der Waals surface area contributed by atoms with Crippen LogP contribution in [0.15, 0.2) is 65.6 Å². The first kappa shape index (κ1) is 31.1. The van der Waals surface area contributed by atoms with E-state index in [2.05, 4.69) is 9.62 Å². The lowest BCUT2D eigenvalue weighted by Gasteiger charge is -2.38. The summed E-state index contributed by atoms with van der Waals surface area (Å²) in [5.74, 6) is -0.750. The zero-order chi connectivity index (χ0) is 29.9. The maximum Gasteiger partial charge on any atom is 0.261 e. The molecule has 0 unspecified atom stereocenters. The molecule has 3 aromatic carbocycles. The Hall–Kier alpha value is -2.89. The molecule has 0 aliphatic carbocycles. The summed E-state index contributed by atoms with van der Waals surface area (Å²) in [5.41, 5.74) is 1.28. The first-order valence-electron chi connectivity index (χ1n) is 13.0. The van der Waals surface area contributed by atoms with Crippen molar-refractivity contribution in [1.29, 1.82) is 0 Å². The summed E-state index contributed by atoms with van der Waals surface area (Å²) < 4.78 is 48.0. The number of amides is 1. The minimum atomic E-state index is -4.04. The van der Waals surface area contributed by atoms with Crippen LogP contribution in [-0.2, 0) is 16.6 Å². The average molecular weight is 625 g/mol. The smallest absolute Gasteiger partial charge is 0.261 e. The van der Waals surface area contributed by atoms with Crippen LogP contribution in [0.2, 0.25) is 10.0 Å². The Kier molecular flexibility index (Phi) is 9.81. The molecule has 0 spiro atoms. The zero-order valence-corrected chi connectivity index (χ0v) is 25.2. The highest BCUT2D eigenvalue weighted by molar-refractivity contribution is 7.92. The van der Waals surface area contributed by atoms with Crippen LogP contribution >= 0.6 is 23.2 Å². The van der Waals surface area contributed by atoms with Gasteiger partial charge in [-0.25, -0.2) is 12.8 Å². The first-order chi connectivity index (χ1) is 19.4. The lowest BCUT2D eigenvalue weighted by atomic mass is 9.99. The standard InChI is InChI=1S/C29H32Cl2FN3O5S/c1-18-14-35(19(2)17-36)29(37)24-13-22(33-41(38,39)23-8-5-21(32)6-9-23)7-11-27(24)40-28(18)16-34(3)15-20-4-10-25(30)26(31)12-20/h4-13,18-19,28,33,36H,14-17H2,1-3H3/t18-,19+,28-/m0/s1. The minimum absolute atomic E-state index is 0.103. The number of halogens is 3. The van der Waals surface area contributed by atoms with Crippen LogP contribution in [0.25, 0.3) is 0 Å². The number of rotatable bonds is 9. The van der Waals surface area contributed by atoms with Crippen molar-refractivity contribution in [3.63, 3.8) is 0 Å². The quantitative estimate of drug-likeness (QED) is 0.336. The molecule has 4 rings (SSSR count). The van der Waals surface area contributed by atoms with Gasteiger partial charge in [-0.05, 0) is 74.1 Å². The summed E-state index contributed by atoms with van der Waals surface area (Å²) >= 11 is 12.2. The molecule has 1 aliphatic heterocycles. The Labute approximate surface area is 249 Å². The number of anilines is 1. The van der Waals surface area contributed by atoms with E-state index in [-0.39, 0.29) is 40.7 Å². The van der Waals surface area contributed by atoms with Gasteiger partial charge in [0.25, 0.3) is 15.9 Å². The summed E-state index contributed by atoms with van der Waals surface area (Å²) in [7, 11) is -2.09. The van der Waals surface area contributed by atoms with E-state index >= 15 is 0 Å². The van der Waals surface area contributed by atoms with Crippen LogP contribution in [0.3, 0.4) is 0 Å². The number of hydrogen-bond donors (Lipinski definition) is 2. The number of aliphatic hydroxyl groups is 1. The third-order valence-corrected chi connectivity index (χ3v) is 9.11. The fourth-order valence-electron chi connectivity index (χ4n) is 4.65. The monoisotopic (exact) mass is 623 g/mol. The van der Waals surface area contributed by atoms with E-state index < -0.39 is 21.9 Å². The van der Waals surface area contributed by atoms with E-state index in [0.29, 0.717) is 35.4 Å². The molecule has 0 bridgehead atoms. The molecule has 1 heterocycles. The number of likely N-dealkylation sites (N-methyl/N-ethyl adjacent to an activating group) is 1. The second kappa shape index (κ2) is 13.0. The zero-order valence-electron chi connectivity index (χ0n) is 22.9. The van der Waals surface area contributed by atoms with Crippen LogP contribution in [0.4, 0.5) is 10.1 Å². The lowest BCUT2D eigenvalue weighted by molar-refractivity contribution is 0.0341. The van der Waals surface area contributed by atoms with E-state index in [1.807, 2.05) is 26.1 Å². The average Bonchev–Trinajstić information content (AvgIpc) is 2.92. The van der Waals surface area contributed by atoms with Crippen molar-refractivity contribution in [2.45, 2.75) is 37.4 Å². The maximum absolute atomic E-state index is 13.7. The van der Waals surface area contributed by atoms with Gasteiger partial charge >= 0.3 is 0 Å². The molecule has 41 heavy (non-hydrogen) atoms. The van der Waals surface area contributed by atoms with Crippen molar-refractivity contribution in [3.8, 4) is 5.75 Å². The Morgan fingerprint density at radius 2 is 1.83 bits per heavy atom. The summed E-state index contributed by atoms with van der Waals surface area (Å²) in [5, 5.41) is 10.9. The van der Waals surface area contributed by atoms with Gasteiger partial charge in [0.05, 0.1) is 33.2 Å². The number of nitrogens with zero attached hydrogens (tertiary/aromatic N) is 2. The van der Waals surface area contributed by atoms with Crippen LogP contribution in [0.1, 0.15) is 29.8 Å². The molecule has 12 heteroatoms. The Morgan fingerprint density at radius 1 is 1.12 bits per heavy atom. The number of carbonyl (C=O) groups is 1. The summed E-state index contributed by atoms with van der Waals surface area (Å²) in [6.07, 6.45) is -0.343. The molecule has 0 aromatic heterocycles. The molecular weight excluding hydrogens is 592 g/mol. The molecule has 3 atom stereocenters. The van der Waals surface area contributed by atoms with Crippen molar-refractivity contribution in [1.82, 2.24) is 9.80 Å². The molecule has 3 aromatic rings. The number of sulfonamides is 1. The topological polar surface area (TPSA) is 99.2 Å². The van der Waals surface area contributed by atoms with E-state index in [1.165, 1.54) is 12.1 Å². The number of benzene rings is 3. The number of carbonyl (C=O) groups excluding carboxylic acids is 1. The summed E-state index contributed by atoms with van der Waals surface area (Å²) in [6, 6.07) is 13.9. The van der Waals surface area contributed by atoms with Gasteiger partial charge in [0, 0.05) is 31.2 Å². The third kappa shape index (κ3) is 7.50. The number of fused-ring (bicyclic) bond motifs is 1. The van der Waals surface area contributed by atoms with Gasteiger partial charge in [-0.1, -0.05) is 36.2 Å². The summed E-state index contributed by atoms with van der Waals surface area (Å²) in [4.78, 5) is 17.2. The van der Waals surface area contributed by atoms with Crippen LogP contribution in [0.5, 0.6) is 5.75 Å². The second-order valence-corrected chi connectivity index (χ2v) is 12.8. The van der Waals surface area contributed by atoms with Crippen molar-refractivity contribution in [2.75, 3.05) is 31.5 Å². The van der Waals surface area contributed by atoms with E-state index in [9.17, 15) is 22.7 Å². The molecule has 8 nitrogen and oxygen atoms in total. The second-order valence-electron chi connectivity index (χ2n) is 10.3. The lowest BCUT2D eigenvalue weighted by Crippen LogP contribution is -2.49. The SMILES string of the molecule is C[C@H](CO)N1C[C@H](C)[C@H](CN(C)Cc2ccc(Cl)c(Cl)c2)Oc2ccc(NS(=O)(=O)c3ccc(F)cc3)cc2C1=O. The Bertz CT molecular complexity index is 1510. The molecule has 0 fully saturated rings. The van der Waals surface area contributed by atoms with E-state index in [1.54, 1.807) is 24.0 Å². The molecule has 0 saturated heterocycles. The highest BCUT2D eigenvalue weighted by Gasteiger charge is 2.33. The summed E-state index contributed by atoms with van der Waals surface area (Å²) in [6.45, 7) is 4.90. The predicted octanol–water partition coefficient (Wildman–Crippen LogP) is 5.29. The van der Waals surface area contributed by atoms with E-state index in [4.69, 9.17) is 27.9 Å². The van der Waals surface area contributed by atoms with Gasteiger partial charge in [0.1, 0.15) is 17.7 Å². The van der Waals surface area contributed by atoms with Gasteiger partial charge in [-0.3, -0.25) is 14.4 Å². The van der Waals surface area contributed by atoms with Gasteiger partial charge in [-0.15, -0.1) is 0 Å². The number of hydrogen-bond acceptors (Lipinski definition) is 6. The van der Waals surface area contributed by atoms with Gasteiger partial charge in [0.15, 0.2) is 0 Å². The number of ether oxygens (including phenoxy) is 1. The van der Waals surface area contributed by atoms with Gasteiger partial charge in [0.2, 0.25) is 0 Å². The van der Waals surface area contributed by atoms with Crippen LogP contribution in [0, 0.1) is 11.7 Å². The maximum atomic E-state index is 13.7. The van der Waals surface area contributed by atoms with Crippen molar-refractivity contribution < 1.29 is 27.4 Å². The fourth-order valence-corrected chi connectivity index (χ4v) is 6.02. The van der Waals surface area contributed by atoms with Crippen molar-refractivity contribution >= 4 is 44.8 Å². The predicted molar refractivity (Wildman–Crippen MR) is 158 cm³/mol. The fraction of sp³-hybridized carbons (Fsp3) is 0.345. The highest BCUT2D eigenvalue weighted by atomic mass is 35.5. The van der Waals surface area contributed by atoms with Crippen molar-refractivity contribution in [3.05, 3.63) is 87.7 Å². The number of nitrogens with one attached hydrogen (secondary N) is 1. The van der Waals surface area contributed by atoms with Crippen LogP contribution in [-0.4, -0.2) is 68.1 Å².